The standard InChI is InChI=1S/C25H25ClN4O3/c1-15-21(16(2)30(29-15)19-10-8-18(26)9-11-19)13-24(31)28-23(25(32)33-3)12-17-14-27-22-7-5-4-6-20(17)22/h4-11,14,23,27H,12-13H2,1-3H3,(H,28,31)/t23-/m1/s1. The molecule has 2 N–H and O–H groups in total. The van der Waals surface area contributed by atoms with Gasteiger partial charge in [-0.1, -0.05) is 29.8 Å². The van der Waals surface area contributed by atoms with Crippen molar-refractivity contribution in [3.8, 4) is 5.69 Å². The molecule has 2 aromatic heterocycles. The maximum atomic E-state index is 12.9. The first-order chi connectivity index (χ1) is 15.9. The highest BCUT2D eigenvalue weighted by Crippen LogP contribution is 2.21. The Kier molecular flexibility index (Phi) is 6.51. The molecule has 1 atom stereocenters. The summed E-state index contributed by atoms with van der Waals surface area (Å²) in [6, 6.07) is 14.4. The van der Waals surface area contributed by atoms with Crippen molar-refractivity contribution in [3.63, 3.8) is 0 Å². The van der Waals surface area contributed by atoms with E-state index in [1.807, 2.05) is 56.4 Å². The van der Waals surface area contributed by atoms with E-state index in [4.69, 9.17) is 16.3 Å². The van der Waals surface area contributed by atoms with Crippen LogP contribution in [-0.4, -0.2) is 39.8 Å². The van der Waals surface area contributed by atoms with Crippen LogP contribution in [0.1, 0.15) is 22.5 Å². The molecule has 0 spiro atoms. The van der Waals surface area contributed by atoms with Crippen molar-refractivity contribution in [2.24, 2.45) is 0 Å². The normalized spacial score (nSPS) is 12.0. The van der Waals surface area contributed by atoms with Crippen LogP contribution in [0.5, 0.6) is 0 Å². The van der Waals surface area contributed by atoms with E-state index in [1.54, 1.807) is 16.8 Å². The molecule has 0 aliphatic heterocycles. The van der Waals surface area contributed by atoms with Crippen molar-refractivity contribution in [3.05, 3.63) is 82.3 Å². The van der Waals surface area contributed by atoms with Gasteiger partial charge in [0.1, 0.15) is 6.04 Å². The predicted octanol–water partition coefficient (Wildman–Crippen LogP) is 4.07. The highest BCUT2D eigenvalue weighted by molar-refractivity contribution is 6.30. The SMILES string of the molecule is COC(=O)[C@@H](Cc1c[nH]c2ccccc12)NC(=O)Cc1c(C)nn(-c2ccc(Cl)cc2)c1C. The first kappa shape index (κ1) is 22.6. The Morgan fingerprint density at radius 3 is 2.61 bits per heavy atom. The van der Waals surface area contributed by atoms with E-state index in [9.17, 15) is 9.59 Å². The zero-order valence-corrected chi connectivity index (χ0v) is 19.4. The number of esters is 1. The number of ether oxygens (including phenoxy) is 1. The van der Waals surface area contributed by atoms with Gasteiger partial charge in [0, 0.05) is 39.8 Å². The maximum absolute atomic E-state index is 12.9. The van der Waals surface area contributed by atoms with Gasteiger partial charge in [0.15, 0.2) is 0 Å². The van der Waals surface area contributed by atoms with Crippen LogP contribution >= 0.6 is 11.6 Å². The molecule has 4 rings (SSSR count). The number of nitrogens with one attached hydrogen (secondary N) is 2. The smallest absolute Gasteiger partial charge is 0.328 e. The molecule has 33 heavy (non-hydrogen) atoms. The van der Waals surface area contributed by atoms with Crippen molar-refractivity contribution in [2.75, 3.05) is 7.11 Å². The van der Waals surface area contributed by atoms with Crippen molar-refractivity contribution in [2.45, 2.75) is 32.7 Å². The summed E-state index contributed by atoms with van der Waals surface area (Å²) < 4.78 is 6.74. The molecule has 4 aromatic rings. The molecule has 0 fully saturated rings. The average Bonchev–Trinajstić information content (AvgIpc) is 3.34. The number of aromatic amines is 1. The Bertz CT molecular complexity index is 1310. The zero-order chi connectivity index (χ0) is 23.5. The number of fused-ring (bicyclic) bond motifs is 1. The van der Waals surface area contributed by atoms with Gasteiger partial charge in [-0.3, -0.25) is 4.79 Å². The van der Waals surface area contributed by atoms with Gasteiger partial charge in [-0.15, -0.1) is 0 Å². The van der Waals surface area contributed by atoms with Gasteiger partial charge in [0.2, 0.25) is 5.91 Å². The molecule has 0 saturated heterocycles. The number of amides is 1. The van der Waals surface area contributed by atoms with Crippen molar-refractivity contribution in [1.29, 1.82) is 0 Å². The lowest BCUT2D eigenvalue weighted by Gasteiger charge is -2.16. The predicted molar refractivity (Wildman–Crippen MR) is 128 cm³/mol. The summed E-state index contributed by atoms with van der Waals surface area (Å²) in [5, 5.41) is 9.09. The fraction of sp³-hybridized carbons (Fsp3) is 0.240. The molecule has 1 amide bonds. The van der Waals surface area contributed by atoms with Gasteiger partial charge in [0.25, 0.3) is 0 Å². The first-order valence-electron chi connectivity index (χ1n) is 10.6. The van der Waals surface area contributed by atoms with E-state index in [0.717, 1.165) is 39.1 Å². The topological polar surface area (TPSA) is 89.0 Å². The zero-order valence-electron chi connectivity index (χ0n) is 18.7. The summed E-state index contributed by atoms with van der Waals surface area (Å²) >= 11 is 5.99. The molecule has 0 aliphatic carbocycles. The number of halogens is 1. The number of carbonyl (C=O) groups excluding carboxylic acids is 2. The number of methoxy groups -OCH3 is 1. The van der Waals surface area contributed by atoms with Crippen LogP contribution in [0, 0.1) is 13.8 Å². The quantitative estimate of drug-likeness (QED) is 0.403. The summed E-state index contributed by atoms with van der Waals surface area (Å²) in [4.78, 5) is 28.6. The van der Waals surface area contributed by atoms with E-state index in [0.29, 0.717) is 11.4 Å². The van der Waals surface area contributed by atoms with Crippen LogP contribution in [0.4, 0.5) is 0 Å². The molecule has 0 bridgehead atoms. The van der Waals surface area contributed by atoms with Crippen LogP contribution in [0.15, 0.2) is 54.7 Å². The average molecular weight is 465 g/mol. The number of benzene rings is 2. The highest BCUT2D eigenvalue weighted by Gasteiger charge is 2.25. The number of carbonyl (C=O) groups is 2. The van der Waals surface area contributed by atoms with E-state index < -0.39 is 12.0 Å². The summed E-state index contributed by atoms with van der Waals surface area (Å²) in [5.41, 5.74) is 5.20. The van der Waals surface area contributed by atoms with Crippen molar-refractivity contribution in [1.82, 2.24) is 20.1 Å². The minimum atomic E-state index is -0.798. The largest absolute Gasteiger partial charge is 0.467 e. The van der Waals surface area contributed by atoms with Crippen LogP contribution in [0.25, 0.3) is 16.6 Å². The highest BCUT2D eigenvalue weighted by atomic mass is 35.5. The van der Waals surface area contributed by atoms with Gasteiger partial charge < -0.3 is 15.0 Å². The molecule has 0 radical (unpaired) electrons. The third-order valence-corrected chi connectivity index (χ3v) is 6.02. The molecular weight excluding hydrogens is 440 g/mol. The van der Waals surface area contributed by atoms with Gasteiger partial charge >= 0.3 is 5.97 Å². The third kappa shape index (κ3) is 4.78. The van der Waals surface area contributed by atoms with Crippen molar-refractivity contribution >= 4 is 34.4 Å². The van der Waals surface area contributed by atoms with E-state index >= 15 is 0 Å². The van der Waals surface area contributed by atoms with E-state index in [2.05, 4.69) is 15.4 Å². The fourth-order valence-electron chi connectivity index (χ4n) is 4.03. The Hall–Kier alpha value is -3.58. The number of hydrogen-bond donors (Lipinski definition) is 2. The summed E-state index contributed by atoms with van der Waals surface area (Å²) in [6.45, 7) is 3.78. The van der Waals surface area contributed by atoms with Crippen LogP contribution in [0.2, 0.25) is 5.02 Å². The lowest BCUT2D eigenvalue weighted by Crippen LogP contribution is -2.43. The van der Waals surface area contributed by atoms with Gasteiger partial charge in [-0.25, -0.2) is 9.48 Å². The first-order valence-corrected chi connectivity index (χ1v) is 11.0. The summed E-state index contributed by atoms with van der Waals surface area (Å²) in [5.74, 6) is -0.758. The molecule has 0 aliphatic rings. The van der Waals surface area contributed by atoms with E-state index in [1.165, 1.54) is 7.11 Å². The molecule has 2 aromatic carbocycles. The number of aromatic nitrogens is 3. The molecule has 7 nitrogen and oxygen atoms in total. The lowest BCUT2D eigenvalue weighted by atomic mass is 10.0. The number of nitrogens with zero attached hydrogens (tertiary/aromatic N) is 2. The number of hydrogen-bond acceptors (Lipinski definition) is 4. The molecule has 2 heterocycles. The Labute approximate surface area is 196 Å². The van der Waals surface area contributed by atoms with Crippen LogP contribution in [-0.2, 0) is 27.2 Å². The Balaban J connectivity index is 1.52. The van der Waals surface area contributed by atoms with E-state index in [-0.39, 0.29) is 12.3 Å². The fourth-order valence-corrected chi connectivity index (χ4v) is 4.15. The maximum Gasteiger partial charge on any atom is 0.328 e. The molecule has 170 valence electrons. The molecule has 0 unspecified atom stereocenters. The number of rotatable bonds is 7. The molecular formula is C25H25ClN4O3. The summed E-state index contributed by atoms with van der Waals surface area (Å²) in [6.07, 6.45) is 2.29. The van der Waals surface area contributed by atoms with Crippen LogP contribution < -0.4 is 5.32 Å². The Morgan fingerprint density at radius 2 is 1.88 bits per heavy atom. The monoisotopic (exact) mass is 464 g/mol. The second-order valence-electron chi connectivity index (χ2n) is 7.92. The molecule has 0 saturated carbocycles. The number of aryl methyl sites for hydroxylation is 1. The van der Waals surface area contributed by atoms with Crippen molar-refractivity contribution < 1.29 is 14.3 Å². The summed E-state index contributed by atoms with van der Waals surface area (Å²) in [7, 11) is 1.32. The lowest BCUT2D eigenvalue weighted by molar-refractivity contribution is -0.145. The third-order valence-electron chi connectivity index (χ3n) is 5.77. The van der Waals surface area contributed by atoms with Gasteiger partial charge in [-0.2, -0.15) is 5.10 Å². The number of H-pyrrole nitrogens is 1. The second kappa shape index (κ2) is 9.50. The van der Waals surface area contributed by atoms with Crippen LogP contribution in [0.3, 0.4) is 0 Å². The van der Waals surface area contributed by atoms with Gasteiger partial charge in [0.05, 0.1) is 24.9 Å². The number of para-hydroxylation sites is 1. The Morgan fingerprint density at radius 1 is 1.15 bits per heavy atom. The molecule has 8 heteroatoms. The second-order valence-corrected chi connectivity index (χ2v) is 8.36. The minimum Gasteiger partial charge on any atom is -0.467 e. The van der Waals surface area contributed by atoms with Gasteiger partial charge in [-0.05, 0) is 49.7 Å². The minimum absolute atomic E-state index is 0.104.